The van der Waals surface area contributed by atoms with Gasteiger partial charge in [-0.25, -0.2) is 0 Å². The molecule has 0 atom stereocenters. The van der Waals surface area contributed by atoms with Gasteiger partial charge in [0.2, 0.25) is 0 Å². The summed E-state index contributed by atoms with van der Waals surface area (Å²) in [6, 6.07) is 9.61. The van der Waals surface area contributed by atoms with Crippen LogP contribution in [0.1, 0.15) is 12.5 Å². The Labute approximate surface area is 72.5 Å². The van der Waals surface area contributed by atoms with Crippen molar-refractivity contribution in [3.05, 3.63) is 35.9 Å². The fraction of sp³-hybridized carbons (Fsp3) is 0.200. The Bertz CT molecular complexity index is 299. The second-order valence-corrected chi connectivity index (χ2v) is 2.55. The molecule has 0 unspecified atom stereocenters. The van der Waals surface area contributed by atoms with E-state index in [1.807, 2.05) is 37.3 Å². The molecule has 2 nitrogen and oxygen atoms in total. The molecule has 0 spiro atoms. The zero-order valence-corrected chi connectivity index (χ0v) is 7.33. The van der Waals surface area contributed by atoms with Crippen LogP contribution in [0.5, 0.6) is 0 Å². The summed E-state index contributed by atoms with van der Waals surface area (Å²) in [5, 5.41) is 7.70. The van der Waals surface area contributed by atoms with Gasteiger partial charge in [0, 0.05) is 12.6 Å². The molecule has 0 aliphatic carbocycles. The second kappa shape index (κ2) is 3.81. The molecule has 1 rings (SSSR count). The first kappa shape index (κ1) is 8.65. The van der Waals surface area contributed by atoms with Crippen molar-refractivity contribution in [3.63, 3.8) is 0 Å². The molecule has 0 radical (unpaired) electrons. The van der Waals surface area contributed by atoms with Crippen molar-refractivity contribution in [3.8, 4) is 0 Å². The predicted molar refractivity (Wildman–Crippen MR) is 52.3 cm³/mol. The Hall–Kier alpha value is -1.44. The van der Waals surface area contributed by atoms with Gasteiger partial charge in [-0.15, -0.1) is 0 Å². The van der Waals surface area contributed by atoms with Crippen molar-refractivity contribution in [1.29, 1.82) is 5.41 Å². The van der Waals surface area contributed by atoms with Crippen molar-refractivity contribution in [2.24, 2.45) is 4.99 Å². The summed E-state index contributed by atoms with van der Waals surface area (Å²) in [5.41, 5.74) is 2.18. The molecule has 1 N–H and O–H groups in total. The van der Waals surface area contributed by atoms with Gasteiger partial charge in [0.05, 0.1) is 11.4 Å². The van der Waals surface area contributed by atoms with Gasteiger partial charge in [-0.2, -0.15) is 0 Å². The Morgan fingerprint density at radius 1 is 1.25 bits per heavy atom. The maximum atomic E-state index is 7.70. The molecule has 0 saturated heterocycles. The molecule has 0 saturated carbocycles. The van der Waals surface area contributed by atoms with Crippen LogP contribution in [-0.4, -0.2) is 18.5 Å². The molecular formula is C10H12N2. The number of hydrogen-bond donors (Lipinski definition) is 1. The minimum atomic E-state index is 0.498. The van der Waals surface area contributed by atoms with Crippen LogP contribution in [0, 0.1) is 5.41 Å². The standard InChI is InChI=1S/C10H12N2/c1-8(12-2)10(11)9-6-4-3-5-7-9/h3-7,11H,1-2H3/b11-10?,12-8-. The van der Waals surface area contributed by atoms with Crippen LogP contribution in [0.4, 0.5) is 0 Å². The second-order valence-electron chi connectivity index (χ2n) is 2.55. The van der Waals surface area contributed by atoms with Crippen molar-refractivity contribution in [2.75, 3.05) is 7.05 Å². The minimum absolute atomic E-state index is 0.498. The number of benzene rings is 1. The van der Waals surface area contributed by atoms with Gasteiger partial charge in [-0.05, 0) is 6.92 Å². The predicted octanol–water partition coefficient (Wildman–Crippen LogP) is 2.15. The minimum Gasteiger partial charge on any atom is -0.298 e. The van der Waals surface area contributed by atoms with Crippen molar-refractivity contribution < 1.29 is 0 Å². The SMILES string of the molecule is C/N=C(/C)C(=N)c1ccccc1. The first-order valence-corrected chi connectivity index (χ1v) is 3.83. The van der Waals surface area contributed by atoms with Crippen LogP contribution in [0.25, 0.3) is 0 Å². The van der Waals surface area contributed by atoms with Crippen LogP contribution in [-0.2, 0) is 0 Å². The highest BCUT2D eigenvalue weighted by atomic mass is 14.7. The Balaban J connectivity index is 2.94. The molecular weight excluding hydrogens is 148 g/mol. The van der Waals surface area contributed by atoms with Crippen LogP contribution in [0.2, 0.25) is 0 Å². The first-order valence-electron chi connectivity index (χ1n) is 3.83. The number of rotatable bonds is 2. The zero-order chi connectivity index (χ0) is 8.97. The zero-order valence-electron chi connectivity index (χ0n) is 7.33. The summed E-state index contributed by atoms with van der Waals surface area (Å²) < 4.78 is 0. The molecule has 0 aromatic heterocycles. The highest BCUT2D eigenvalue weighted by molar-refractivity contribution is 6.46. The lowest BCUT2D eigenvalue weighted by Gasteiger charge is -2.01. The maximum Gasteiger partial charge on any atom is 0.0819 e. The van der Waals surface area contributed by atoms with Crippen LogP contribution in [0.15, 0.2) is 35.3 Å². The van der Waals surface area contributed by atoms with E-state index in [-0.39, 0.29) is 0 Å². The topological polar surface area (TPSA) is 36.2 Å². The lowest BCUT2D eigenvalue weighted by Crippen LogP contribution is -2.09. The lowest BCUT2D eigenvalue weighted by atomic mass is 10.1. The van der Waals surface area contributed by atoms with Gasteiger partial charge in [0.15, 0.2) is 0 Å². The first-order chi connectivity index (χ1) is 5.75. The van der Waals surface area contributed by atoms with E-state index in [4.69, 9.17) is 5.41 Å². The molecule has 0 aliphatic heterocycles. The number of hydrogen-bond acceptors (Lipinski definition) is 2. The summed E-state index contributed by atoms with van der Waals surface area (Å²) in [6.45, 7) is 1.84. The molecule has 0 fully saturated rings. The Morgan fingerprint density at radius 3 is 2.33 bits per heavy atom. The van der Waals surface area contributed by atoms with Crippen molar-refractivity contribution in [2.45, 2.75) is 6.92 Å². The largest absolute Gasteiger partial charge is 0.298 e. The Kier molecular flexibility index (Phi) is 2.75. The third-order valence-electron chi connectivity index (χ3n) is 1.76. The summed E-state index contributed by atoms with van der Waals surface area (Å²) in [7, 11) is 1.70. The van der Waals surface area contributed by atoms with Gasteiger partial charge in [0.25, 0.3) is 0 Å². The Morgan fingerprint density at radius 2 is 1.83 bits per heavy atom. The molecule has 0 aliphatic rings. The van der Waals surface area contributed by atoms with E-state index < -0.39 is 0 Å². The van der Waals surface area contributed by atoms with Gasteiger partial charge in [-0.1, -0.05) is 30.3 Å². The molecule has 2 heteroatoms. The van der Waals surface area contributed by atoms with Crippen molar-refractivity contribution >= 4 is 11.4 Å². The van der Waals surface area contributed by atoms with Gasteiger partial charge in [0.1, 0.15) is 0 Å². The van der Waals surface area contributed by atoms with E-state index in [1.54, 1.807) is 7.05 Å². The number of aliphatic imine (C=N–C) groups is 1. The van der Waals surface area contributed by atoms with E-state index in [1.165, 1.54) is 0 Å². The molecule has 0 heterocycles. The third kappa shape index (κ3) is 1.78. The number of nitrogens with zero attached hydrogens (tertiary/aromatic N) is 1. The summed E-state index contributed by atoms with van der Waals surface area (Å²) >= 11 is 0. The highest BCUT2D eigenvalue weighted by Crippen LogP contribution is 2.00. The highest BCUT2D eigenvalue weighted by Gasteiger charge is 2.01. The van der Waals surface area contributed by atoms with E-state index in [2.05, 4.69) is 4.99 Å². The van der Waals surface area contributed by atoms with Crippen LogP contribution < -0.4 is 0 Å². The van der Waals surface area contributed by atoms with Gasteiger partial charge in [-0.3, -0.25) is 10.4 Å². The third-order valence-corrected chi connectivity index (χ3v) is 1.76. The summed E-state index contributed by atoms with van der Waals surface area (Å²) in [4.78, 5) is 3.96. The number of nitrogens with one attached hydrogen (secondary N) is 1. The molecule has 12 heavy (non-hydrogen) atoms. The van der Waals surface area contributed by atoms with E-state index in [0.29, 0.717) is 5.71 Å². The van der Waals surface area contributed by atoms with Crippen LogP contribution >= 0.6 is 0 Å². The van der Waals surface area contributed by atoms with Gasteiger partial charge < -0.3 is 0 Å². The quantitative estimate of drug-likeness (QED) is 0.643. The fourth-order valence-electron chi connectivity index (χ4n) is 0.926. The van der Waals surface area contributed by atoms with Gasteiger partial charge >= 0.3 is 0 Å². The summed E-state index contributed by atoms with van der Waals surface area (Å²) in [5.74, 6) is 0. The van der Waals surface area contributed by atoms with E-state index in [0.717, 1.165) is 11.3 Å². The average Bonchev–Trinajstić information content (AvgIpc) is 2.17. The maximum absolute atomic E-state index is 7.70. The molecule has 0 amide bonds. The average molecular weight is 160 g/mol. The fourth-order valence-corrected chi connectivity index (χ4v) is 0.926. The molecule has 1 aromatic rings. The smallest absolute Gasteiger partial charge is 0.0819 e. The monoisotopic (exact) mass is 160 g/mol. The normalized spacial score (nSPS) is 11.3. The van der Waals surface area contributed by atoms with E-state index in [9.17, 15) is 0 Å². The molecule has 0 bridgehead atoms. The van der Waals surface area contributed by atoms with Crippen molar-refractivity contribution in [1.82, 2.24) is 0 Å². The molecule has 62 valence electrons. The summed E-state index contributed by atoms with van der Waals surface area (Å²) in [6.07, 6.45) is 0. The lowest BCUT2D eigenvalue weighted by molar-refractivity contribution is 1.42. The van der Waals surface area contributed by atoms with Crippen LogP contribution in [0.3, 0.4) is 0 Å². The van der Waals surface area contributed by atoms with E-state index >= 15 is 0 Å². The molecule has 1 aromatic carbocycles.